The van der Waals surface area contributed by atoms with Gasteiger partial charge >= 0.3 is 0 Å². The molecular formula is C19H33IN4O2S. The molecular weight excluding hydrogens is 475 g/mol. The molecule has 6 nitrogen and oxygen atoms in total. The molecule has 1 aliphatic rings. The average Bonchev–Trinajstić information content (AvgIpc) is 2.57. The van der Waals surface area contributed by atoms with E-state index in [-0.39, 0.29) is 35.8 Å². The first-order valence-electron chi connectivity index (χ1n) is 9.32. The maximum Gasteiger partial charge on any atom is 0.216 e. The zero-order chi connectivity index (χ0) is 19.2. The van der Waals surface area contributed by atoms with Gasteiger partial charge in [0, 0.05) is 32.7 Å². The number of aliphatic imine (C=N–C) groups is 1. The van der Waals surface area contributed by atoms with Crippen LogP contribution in [0.4, 0.5) is 0 Å². The Labute approximate surface area is 181 Å². The molecule has 0 amide bonds. The molecule has 0 radical (unpaired) electrons. The SMILES string of the molecule is CN=C(NCc1ccc(CS(=O)(=O)NC(C)C)cc1)N1CCC(C)CC1.I. The van der Waals surface area contributed by atoms with Crippen LogP contribution in [-0.2, 0) is 22.3 Å². The smallest absolute Gasteiger partial charge is 0.216 e. The second-order valence-electron chi connectivity index (χ2n) is 7.42. The van der Waals surface area contributed by atoms with Crippen molar-refractivity contribution in [3.05, 3.63) is 35.4 Å². The molecule has 0 unspecified atom stereocenters. The van der Waals surface area contributed by atoms with Gasteiger partial charge in [-0.3, -0.25) is 4.99 Å². The molecule has 0 spiro atoms. The monoisotopic (exact) mass is 508 g/mol. The maximum atomic E-state index is 12.0. The van der Waals surface area contributed by atoms with Crippen molar-refractivity contribution in [1.29, 1.82) is 0 Å². The van der Waals surface area contributed by atoms with E-state index in [1.807, 2.05) is 45.2 Å². The van der Waals surface area contributed by atoms with Crippen molar-refractivity contribution in [3.63, 3.8) is 0 Å². The molecule has 27 heavy (non-hydrogen) atoms. The number of halogens is 1. The Hall–Kier alpha value is -0.870. The number of benzene rings is 1. The Kier molecular flexibility index (Phi) is 10.0. The van der Waals surface area contributed by atoms with Crippen LogP contribution in [-0.4, -0.2) is 45.5 Å². The second-order valence-corrected chi connectivity index (χ2v) is 9.17. The van der Waals surface area contributed by atoms with Crippen molar-refractivity contribution < 1.29 is 8.42 Å². The van der Waals surface area contributed by atoms with E-state index < -0.39 is 10.0 Å². The Bertz CT molecular complexity index is 697. The van der Waals surface area contributed by atoms with Gasteiger partial charge in [0.2, 0.25) is 10.0 Å². The summed E-state index contributed by atoms with van der Waals surface area (Å²) in [4.78, 5) is 6.69. The number of guanidine groups is 1. The predicted molar refractivity (Wildman–Crippen MR) is 123 cm³/mol. The van der Waals surface area contributed by atoms with Crippen LogP contribution in [0.15, 0.2) is 29.3 Å². The molecule has 0 aliphatic carbocycles. The van der Waals surface area contributed by atoms with E-state index in [1.54, 1.807) is 0 Å². The van der Waals surface area contributed by atoms with E-state index in [9.17, 15) is 8.42 Å². The fraction of sp³-hybridized carbons (Fsp3) is 0.632. The standard InChI is InChI=1S/C19H32N4O2S.HI/c1-15(2)22-26(24,25)14-18-7-5-17(6-8-18)13-21-19(20-4)23-11-9-16(3)10-12-23;/h5-8,15-16,22H,9-14H2,1-4H3,(H,20,21);1H. The van der Waals surface area contributed by atoms with E-state index in [4.69, 9.17) is 0 Å². The fourth-order valence-corrected chi connectivity index (χ4v) is 4.54. The molecule has 2 N–H and O–H groups in total. The molecule has 1 aromatic carbocycles. The highest BCUT2D eigenvalue weighted by Gasteiger charge is 2.18. The van der Waals surface area contributed by atoms with Gasteiger partial charge in [-0.25, -0.2) is 13.1 Å². The number of rotatable bonds is 6. The molecule has 154 valence electrons. The molecule has 8 heteroatoms. The normalized spacial score (nSPS) is 16.3. The van der Waals surface area contributed by atoms with Gasteiger partial charge in [0.15, 0.2) is 5.96 Å². The first-order chi connectivity index (χ1) is 12.3. The first-order valence-corrected chi connectivity index (χ1v) is 11.0. The van der Waals surface area contributed by atoms with E-state index in [2.05, 4.69) is 26.9 Å². The first kappa shape index (κ1) is 24.2. The predicted octanol–water partition coefficient (Wildman–Crippen LogP) is 2.94. The molecule has 1 fully saturated rings. The summed E-state index contributed by atoms with van der Waals surface area (Å²) >= 11 is 0. The summed E-state index contributed by atoms with van der Waals surface area (Å²) in [6.45, 7) is 8.70. The van der Waals surface area contributed by atoms with Crippen molar-refractivity contribution >= 4 is 40.0 Å². The molecule has 1 aliphatic heterocycles. The second kappa shape index (κ2) is 11.2. The number of nitrogens with one attached hydrogen (secondary N) is 2. The van der Waals surface area contributed by atoms with Crippen LogP contribution in [0.1, 0.15) is 44.7 Å². The number of sulfonamides is 1. The molecule has 1 aromatic rings. The summed E-state index contributed by atoms with van der Waals surface area (Å²) in [6, 6.07) is 7.61. The summed E-state index contributed by atoms with van der Waals surface area (Å²) in [7, 11) is -1.47. The highest BCUT2D eigenvalue weighted by molar-refractivity contribution is 14.0. The lowest BCUT2D eigenvalue weighted by atomic mass is 9.99. The lowest BCUT2D eigenvalue weighted by Crippen LogP contribution is -2.45. The van der Waals surface area contributed by atoms with Gasteiger partial charge in [-0.2, -0.15) is 0 Å². The third-order valence-corrected chi connectivity index (χ3v) is 6.08. The quantitative estimate of drug-likeness (QED) is 0.352. The van der Waals surface area contributed by atoms with Crippen LogP contribution < -0.4 is 10.0 Å². The van der Waals surface area contributed by atoms with E-state index >= 15 is 0 Å². The lowest BCUT2D eigenvalue weighted by molar-refractivity contribution is 0.273. The van der Waals surface area contributed by atoms with Gasteiger partial charge in [-0.05, 0) is 43.7 Å². The third kappa shape index (κ3) is 8.35. The number of hydrogen-bond donors (Lipinski definition) is 2. The molecule has 0 saturated carbocycles. The van der Waals surface area contributed by atoms with Gasteiger partial charge in [-0.1, -0.05) is 31.2 Å². The minimum Gasteiger partial charge on any atom is -0.352 e. The third-order valence-electron chi connectivity index (χ3n) is 4.54. The minimum atomic E-state index is -3.29. The average molecular weight is 508 g/mol. The Morgan fingerprint density at radius 2 is 1.74 bits per heavy atom. The molecule has 0 atom stereocenters. The van der Waals surface area contributed by atoms with Crippen molar-refractivity contribution in [2.24, 2.45) is 10.9 Å². The molecule has 1 heterocycles. The number of likely N-dealkylation sites (tertiary alicyclic amines) is 1. The number of piperidine rings is 1. The van der Waals surface area contributed by atoms with E-state index in [0.717, 1.165) is 36.1 Å². The lowest BCUT2D eigenvalue weighted by Gasteiger charge is -2.32. The van der Waals surface area contributed by atoms with Gasteiger partial charge in [0.25, 0.3) is 0 Å². The minimum absolute atomic E-state index is 0. The van der Waals surface area contributed by atoms with Crippen molar-refractivity contribution in [3.8, 4) is 0 Å². The molecule has 0 aromatic heterocycles. The van der Waals surface area contributed by atoms with Gasteiger partial charge in [0.1, 0.15) is 0 Å². The van der Waals surface area contributed by atoms with Gasteiger partial charge in [-0.15, -0.1) is 24.0 Å². The van der Waals surface area contributed by atoms with E-state index in [1.165, 1.54) is 12.8 Å². The van der Waals surface area contributed by atoms with Crippen molar-refractivity contribution in [2.45, 2.75) is 52.0 Å². The van der Waals surface area contributed by atoms with Crippen LogP contribution in [0.5, 0.6) is 0 Å². The Morgan fingerprint density at radius 1 is 1.19 bits per heavy atom. The van der Waals surface area contributed by atoms with Gasteiger partial charge in [0.05, 0.1) is 5.75 Å². The highest BCUT2D eigenvalue weighted by Crippen LogP contribution is 2.16. The molecule has 1 saturated heterocycles. The summed E-state index contributed by atoms with van der Waals surface area (Å²) in [5.41, 5.74) is 1.89. The van der Waals surface area contributed by atoms with Crippen LogP contribution in [0.25, 0.3) is 0 Å². The number of hydrogen-bond acceptors (Lipinski definition) is 3. The van der Waals surface area contributed by atoms with Gasteiger partial charge < -0.3 is 10.2 Å². The zero-order valence-corrected chi connectivity index (χ0v) is 19.9. The Morgan fingerprint density at radius 3 is 2.26 bits per heavy atom. The van der Waals surface area contributed by atoms with Crippen LogP contribution in [0.3, 0.4) is 0 Å². The summed E-state index contributed by atoms with van der Waals surface area (Å²) in [5, 5.41) is 3.41. The highest BCUT2D eigenvalue weighted by atomic mass is 127. The van der Waals surface area contributed by atoms with E-state index in [0.29, 0.717) is 6.54 Å². The van der Waals surface area contributed by atoms with Crippen molar-refractivity contribution in [1.82, 2.24) is 14.9 Å². The number of nitrogens with zero attached hydrogens (tertiary/aromatic N) is 2. The summed E-state index contributed by atoms with van der Waals surface area (Å²) < 4.78 is 26.6. The topological polar surface area (TPSA) is 73.8 Å². The maximum absolute atomic E-state index is 12.0. The largest absolute Gasteiger partial charge is 0.352 e. The Balaban J connectivity index is 0.00000364. The molecule has 0 bridgehead atoms. The molecule has 2 rings (SSSR count). The zero-order valence-electron chi connectivity index (χ0n) is 16.7. The summed E-state index contributed by atoms with van der Waals surface area (Å²) in [5.74, 6) is 1.73. The summed E-state index contributed by atoms with van der Waals surface area (Å²) in [6.07, 6.45) is 2.41. The van der Waals surface area contributed by atoms with Crippen molar-refractivity contribution in [2.75, 3.05) is 20.1 Å². The van der Waals surface area contributed by atoms with Crippen LogP contribution >= 0.6 is 24.0 Å². The van der Waals surface area contributed by atoms with Crippen LogP contribution in [0.2, 0.25) is 0 Å². The van der Waals surface area contributed by atoms with Crippen LogP contribution in [0, 0.1) is 5.92 Å². The fourth-order valence-electron chi connectivity index (χ4n) is 3.11.